The van der Waals surface area contributed by atoms with Gasteiger partial charge >= 0.3 is 5.97 Å². The minimum atomic E-state index is -0.308. The molecule has 0 aromatic carbocycles. The number of fused-ring (bicyclic) bond motifs is 1. The van der Waals surface area contributed by atoms with Crippen LogP contribution in [0.25, 0.3) is 0 Å². The monoisotopic (exact) mass is 336 g/mol. The number of hydrogen-bond acceptors (Lipinski definition) is 5. The Morgan fingerprint density at radius 3 is 2.91 bits per heavy atom. The molecule has 1 saturated heterocycles. The van der Waals surface area contributed by atoms with Crippen LogP contribution in [0.1, 0.15) is 47.5 Å². The highest BCUT2D eigenvalue weighted by Gasteiger charge is 2.29. The summed E-state index contributed by atoms with van der Waals surface area (Å²) in [5.74, 6) is 0.310. The van der Waals surface area contributed by atoms with Gasteiger partial charge in [-0.2, -0.15) is 0 Å². The summed E-state index contributed by atoms with van der Waals surface area (Å²) in [4.78, 5) is 28.0. The van der Waals surface area contributed by atoms with Crippen LogP contribution in [0.2, 0.25) is 0 Å². The SMILES string of the molecule is CCOC(=O)c1c(NC(=O)CN2CCC(C)C2)sc2c1CCC2. The van der Waals surface area contributed by atoms with E-state index in [-0.39, 0.29) is 11.9 Å². The number of ether oxygens (including phenoxy) is 1. The van der Waals surface area contributed by atoms with Crippen LogP contribution < -0.4 is 5.32 Å². The fraction of sp³-hybridized carbons (Fsp3) is 0.647. The number of nitrogens with one attached hydrogen (secondary N) is 1. The zero-order valence-corrected chi connectivity index (χ0v) is 14.6. The van der Waals surface area contributed by atoms with Crippen LogP contribution in [-0.4, -0.2) is 43.0 Å². The molecule has 1 aromatic heterocycles. The first kappa shape index (κ1) is 16.5. The molecule has 5 nitrogen and oxygen atoms in total. The average Bonchev–Trinajstić information content (AvgIpc) is 3.15. The van der Waals surface area contributed by atoms with Gasteiger partial charge in [-0.1, -0.05) is 6.92 Å². The first-order valence-electron chi connectivity index (χ1n) is 8.42. The van der Waals surface area contributed by atoms with Crippen molar-refractivity contribution in [1.29, 1.82) is 0 Å². The van der Waals surface area contributed by atoms with Crippen LogP contribution in [0.5, 0.6) is 0 Å². The van der Waals surface area contributed by atoms with E-state index >= 15 is 0 Å². The van der Waals surface area contributed by atoms with E-state index in [4.69, 9.17) is 4.74 Å². The molecular formula is C17H24N2O3S. The molecule has 1 unspecified atom stereocenters. The molecule has 2 heterocycles. The molecule has 1 atom stereocenters. The van der Waals surface area contributed by atoms with Crippen LogP contribution >= 0.6 is 11.3 Å². The number of esters is 1. The van der Waals surface area contributed by atoms with Crippen molar-refractivity contribution in [3.63, 3.8) is 0 Å². The van der Waals surface area contributed by atoms with Gasteiger partial charge in [0.25, 0.3) is 0 Å². The normalized spacial score (nSPS) is 20.5. The Labute approximate surface area is 141 Å². The first-order chi connectivity index (χ1) is 11.1. The number of anilines is 1. The fourth-order valence-electron chi connectivity index (χ4n) is 3.45. The smallest absolute Gasteiger partial charge is 0.341 e. The van der Waals surface area contributed by atoms with E-state index in [0.717, 1.165) is 44.3 Å². The lowest BCUT2D eigenvalue weighted by molar-refractivity contribution is -0.117. The van der Waals surface area contributed by atoms with E-state index in [1.165, 1.54) is 16.2 Å². The van der Waals surface area contributed by atoms with Gasteiger partial charge in [-0.25, -0.2) is 4.79 Å². The summed E-state index contributed by atoms with van der Waals surface area (Å²) in [5.41, 5.74) is 1.67. The molecule has 126 valence electrons. The third kappa shape index (κ3) is 3.58. The van der Waals surface area contributed by atoms with Crippen molar-refractivity contribution < 1.29 is 14.3 Å². The van der Waals surface area contributed by atoms with E-state index < -0.39 is 0 Å². The number of hydrogen-bond donors (Lipinski definition) is 1. The Morgan fingerprint density at radius 1 is 1.39 bits per heavy atom. The minimum Gasteiger partial charge on any atom is -0.462 e. The highest BCUT2D eigenvalue weighted by Crippen LogP contribution is 2.39. The quantitative estimate of drug-likeness (QED) is 0.840. The molecule has 0 bridgehead atoms. The number of thiophene rings is 1. The second-order valence-electron chi connectivity index (χ2n) is 6.46. The van der Waals surface area contributed by atoms with Gasteiger partial charge in [0, 0.05) is 11.4 Å². The van der Waals surface area contributed by atoms with Gasteiger partial charge in [-0.15, -0.1) is 11.3 Å². The lowest BCUT2D eigenvalue weighted by Gasteiger charge is -2.15. The summed E-state index contributed by atoms with van der Waals surface area (Å²) < 4.78 is 5.19. The Hall–Kier alpha value is -1.40. The number of carbonyl (C=O) groups excluding carboxylic acids is 2. The summed E-state index contributed by atoms with van der Waals surface area (Å²) in [5, 5.41) is 3.63. The van der Waals surface area contributed by atoms with Crippen LogP contribution in [0.15, 0.2) is 0 Å². The topological polar surface area (TPSA) is 58.6 Å². The molecule has 0 radical (unpaired) electrons. The van der Waals surface area contributed by atoms with Crippen molar-refractivity contribution >= 4 is 28.2 Å². The van der Waals surface area contributed by atoms with E-state index in [1.807, 2.05) is 0 Å². The van der Waals surface area contributed by atoms with E-state index in [2.05, 4.69) is 17.1 Å². The molecule has 2 aliphatic rings. The molecule has 1 aliphatic carbocycles. The lowest BCUT2D eigenvalue weighted by Crippen LogP contribution is -2.31. The Morgan fingerprint density at radius 2 is 2.22 bits per heavy atom. The van der Waals surface area contributed by atoms with Gasteiger partial charge in [0.15, 0.2) is 0 Å². The van der Waals surface area contributed by atoms with E-state index in [1.54, 1.807) is 6.92 Å². The van der Waals surface area contributed by atoms with Gasteiger partial charge in [0.1, 0.15) is 5.00 Å². The summed E-state index contributed by atoms with van der Waals surface area (Å²) in [6, 6.07) is 0. The maximum atomic E-state index is 12.3. The first-order valence-corrected chi connectivity index (χ1v) is 9.24. The fourth-order valence-corrected chi connectivity index (χ4v) is 4.74. The third-order valence-corrected chi connectivity index (χ3v) is 5.74. The average molecular weight is 336 g/mol. The highest BCUT2D eigenvalue weighted by atomic mass is 32.1. The Kier molecular flexibility index (Phi) is 5.02. The van der Waals surface area contributed by atoms with Crippen LogP contribution in [0, 0.1) is 5.92 Å². The van der Waals surface area contributed by atoms with Crippen LogP contribution in [0.3, 0.4) is 0 Å². The zero-order chi connectivity index (χ0) is 16.4. The van der Waals surface area contributed by atoms with E-state index in [9.17, 15) is 9.59 Å². The molecule has 6 heteroatoms. The maximum Gasteiger partial charge on any atom is 0.341 e. The molecule has 23 heavy (non-hydrogen) atoms. The largest absolute Gasteiger partial charge is 0.462 e. The molecule has 1 aliphatic heterocycles. The zero-order valence-electron chi connectivity index (χ0n) is 13.8. The molecule has 1 amide bonds. The third-order valence-electron chi connectivity index (χ3n) is 4.53. The Bertz CT molecular complexity index is 611. The van der Waals surface area contributed by atoms with Crippen molar-refractivity contribution in [2.45, 2.75) is 39.5 Å². The predicted octanol–water partition coefficient (Wildman–Crippen LogP) is 2.69. The second-order valence-corrected chi connectivity index (χ2v) is 7.56. The minimum absolute atomic E-state index is 0.0374. The Balaban J connectivity index is 1.72. The molecular weight excluding hydrogens is 312 g/mol. The number of rotatable bonds is 5. The number of carbonyl (C=O) groups is 2. The molecule has 1 N–H and O–H groups in total. The van der Waals surface area contributed by atoms with Gasteiger partial charge in [-0.05, 0) is 50.6 Å². The van der Waals surface area contributed by atoms with Gasteiger partial charge in [0.2, 0.25) is 5.91 Å². The number of aryl methyl sites for hydroxylation is 1. The summed E-state index contributed by atoms with van der Waals surface area (Å²) in [7, 11) is 0. The standard InChI is InChI=1S/C17H24N2O3S/c1-3-22-17(21)15-12-5-4-6-13(12)23-16(15)18-14(20)10-19-8-7-11(2)9-19/h11H,3-10H2,1-2H3,(H,18,20). The van der Waals surface area contributed by atoms with Gasteiger partial charge < -0.3 is 10.1 Å². The van der Waals surface area contributed by atoms with E-state index in [0.29, 0.717) is 29.6 Å². The van der Waals surface area contributed by atoms with Crippen molar-refractivity contribution in [1.82, 2.24) is 4.90 Å². The van der Waals surface area contributed by atoms with Crippen molar-refractivity contribution in [2.75, 3.05) is 31.6 Å². The molecule has 3 rings (SSSR count). The van der Waals surface area contributed by atoms with Crippen molar-refractivity contribution in [2.24, 2.45) is 5.92 Å². The van der Waals surface area contributed by atoms with Crippen molar-refractivity contribution in [3.05, 3.63) is 16.0 Å². The van der Waals surface area contributed by atoms with Crippen LogP contribution in [-0.2, 0) is 22.4 Å². The lowest BCUT2D eigenvalue weighted by atomic mass is 10.1. The predicted molar refractivity (Wildman–Crippen MR) is 91.2 cm³/mol. The number of amides is 1. The molecule has 0 spiro atoms. The van der Waals surface area contributed by atoms with Crippen LogP contribution in [0.4, 0.5) is 5.00 Å². The maximum absolute atomic E-state index is 12.3. The summed E-state index contributed by atoms with van der Waals surface area (Å²) >= 11 is 1.54. The molecule has 0 saturated carbocycles. The second kappa shape index (κ2) is 7.01. The summed E-state index contributed by atoms with van der Waals surface area (Å²) in [6.07, 6.45) is 4.12. The molecule has 1 fully saturated rings. The molecule has 1 aromatic rings. The van der Waals surface area contributed by atoms with Gasteiger partial charge in [0.05, 0.1) is 18.7 Å². The highest BCUT2D eigenvalue weighted by molar-refractivity contribution is 7.17. The van der Waals surface area contributed by atoms with Gasteiger partial charge in [-0.3, -0.25) is 9.69 Å². The summed E-state index contributed by atoms with van der Waals surface area (Å²) in [6.45, 7) is 6.70. The van der Waals surface area contributed by atoms with Crippen molar-refractivity contribution in [3.8, 4) is 0 Å². The number of nitrogens with zero attached hydrogens (tertiary/aromatic N) is 1. The number of likely N-dealkylation sites (tertiary alicyclic amines) is 1.